The van der Waals surface area contributed by atoms with Gasteiger partial charge < -0.3 is 4.74 Å². The average molecular weight is 339 g/mol. The van der Waals surface area contributed by atoms with Crippen molar-refractivity contribution >= 4 is 0 Å². The quantitative estimate of drug-likeness (QED) is 0.425. The van der Waals surface area contributed by atoms with Gasteiger partial charge in [-0.3, -0.25) is 0 Å². The van der Waals surface area contributed by atoms with Gasteiger partial charge in [-0.25, -0.2) is 0 Å². The highest BCUT2D eigenvalue weighted by Crippen LogP contribution is 2.38. The van der Waals surface area contributed by atoms with Gasteiger partial charge in [0.05, 0.1) is 0 Å². The minimum Gasteiger partial charge on any atom is -0.457 e. The molecule has 0 saturated carbocycles. The second-order valence-corrected chi connectivity index (χ2v) is 6.97. The number of rotatable bonds is 10. The maximum atomic E-state index is 6.50. The first-order chi connectivity index (χ1) is 12.2. The van der Waals surface area contributed by atoms with Crippen LogP contribution in [0, 0.1) is 0 Å². The summed E-state index contributed by atoms with van der Waals surface area (Å²) in [5.74, 6) is 3.21. The Morgan fingerprint density at radius 1 is 0.640 bits per heavy atom. The van der Waals surface area contributed by atoms with Gasteiger partial charge in [0.1, 0.15) is 11.5 Å². The molecule has 0 aromatic heterocycles. The summed E-state index contributed by atoms with van der Waals surface area (Å²) in [5, 5.41) is 0. The summed E-state index contributed by atoms with van der Waals surface area (Å²) in [4.78, 5) is 0. The summed E-state index contributed by atoms with van der Waals surface area (Å²) >= 11 is 0. The fraction of sp³-hybridized carbons (Fsp3) is 0.500. The van der Waals surface area contributed by atoms with Crippen LogP contribution in [-0.2, 0) is 0 Å². The van der Waals surface area contributed by atoms with E-state index >= 15 is 0 Å². The highest BCUT2D eigenvalue weighted by Gasteiger charge is 2.17. The predicted molar refractivity (Wildman–Crippen MR) is 109 cm³/mol. The molecule has 0 fully saturated rings. The highest BCUT2D eigenvalue weighted by atomic mass is 16.5. The van der Waals surface area contributed by atoms with Gasteiger partial charge in [0.25, 0.3) is 0 Å². The first kappa shape index (κ1) is 19.6. The second kappa shape index (κ2) is 10.3. The van der Waals surface area contributed by atoms with E-state index in [4.69, 9.17) is 4.74 Å². The zero-order valence-electron chi connectivity index (χ0n) is 16.4. The summed E-state index contributed by atoms with van der Waals surface area (Å²) in [6, 6.07) is 17.2. The Kier molecular flexibility index (Phi) is 8.04. The van der Waals surface area contributed by atoms with Crippen molar-refractivity contribution in [1.29, 1.82) is 0 Å². The third-order valence-corrected chi connectivity index (χ3v) is 5.20. The Balaban J connectivity index is 2.35. The van der Waals surface area contributed by atoms with E-state index in [9.17, 15) is 0 Å². The number of para-hydroxylation sites is 2. The number of ether oxygens (including phenoxy) is 1. The Morgan fingerprint density at radius 3 is 1.40 bits per heavy atom. The topological polar surface area (TPSA) is 9.23 Å². The predicted octanol–water partition coefficient (Wildman–Crippen LogP) is 8.07. The first-order valence-corrected chi connectivity index (χ1v) is 10.1. The monoisotopic (exact) mass is 338 g/mol. The van der Waals surface area contributed by atoms with Crippen LogP contribution in [-0.4, -0.2) is 0 Å². The fourth-order valence-corrected chi connectivity index (χ4v) is 3.80. The molecule has 0 aliphatic heterocycles. The molecular weight excluding hydrogens is 304 g/mol. The first-order valence-electron chi connectivity index (χ1n) is 10.1. The molecule has 1 heteroatoms. The highest BCUT2D eigenvalue weighted by molar-refractivity contribution is 5.44. The third-order valence-electron chi connectivity index (χ3n) is 5.20. The van der Waals surface area contributed by atoms with Gasteiger partial charge in [-0.05, 0) is 60.8 Å². The Labute approximate surface area is 154 Å². The van der Waals surface area contributed by atoms with Gasteiger partial charge in [-0.1, -0.05) is 76.9 Å². The van der Waals surface area contributed by atoms with E-state index in [1.165, 1.54) is 36.8 Å². The van der Waals surface area contributed by atoms with E-state index in [0.717, 1.165) is 24.3 Å². The van der Waals surface area contributed by atoms with Crippen molar-refractivity contribution in [2.24, 2.45) is 0 Å². The largest absolute Gasteiger partial charge is 0.457 e. The van der Waals surface area contributed by atoms with Gasteiger partial charge in [-0.15, -0.1) is 0 Å². The summed E-state index contributed by atoms with van der Waals surface area (Å²) in [6.07, 6.45) is 7.15. The molecular formula is C24H34O. The molecule has 1 nitrogen and oxygen atoms in total. The average Bonchev–Trinajstić information content (AvgIpc) is 2.65. The molecule has 0 radical (unpaired) electrons. The summed E-state index contributed by atoms with van der Waals surface area (Å²) in [5.41, 5.74) is 2.70. The lowest BCUT2D eigenvalue weighted by atomic mass is 9.90. The van der Waals surface area contributed by atoms with Crippen LogP contribution >= 0.6 is 0 Å². The van der Waals surface area contributed by atoms with Crippen LogP contribution in [0.2, 0.25) is 0 Å². The van der Waals surface area contributed by atoms with Gasteiger partial charge in [0.2, 0.25) is 0 Å². The molecule has 2 atom stereocenters. The van der Waals surface area contributed by atoms with E-state index in [1.54, 1.807) is 0 Å². The molecule has 0 bridgehead atoms. The van der Waals surface area contributed by atoms with E-state index in [-0.39, 0.29) is 0 Å². The molecule has 136 valence electrons. The number of hydrogen-bond donors (Lipinski definition) is 0. The van der Waals surface area contributed by atoms with Crippen molar-refractivity contribution in [1.82, 2.24) is 0 Å². The molecule has 25 heavy (non-hydrogen) atoms. The molecule has 0 heterocycles. The number of benzene rings is 2. The van der Waals surface area contributed by atoms with E-state index in [1.807, 2.05) is 0 Å². The molecule has 0 aliphatic rings. The lowest BCUT2D eigenvalue weighted by Crippen LogP contribution is -2.03. The Hall–Kier alpha value is -1.76. The van der Waals surface area contributed by atoms with E-state index in [2.05, 4.69) is 76.2 Å². The van der Waals surface area contributed by atoms with Crippen molar-refractivity contribution < 1.29 is 4.74 Å². The minimum atomic E-state index is 0.575. The van der Waals surface area contributed by atoms with Gasteiger partial charge in [-0.2, -0.15) is 0 Å². The van der Waals surface area contributed by atoms with Crippen LogP contribution in [0.4, 0.5) is 0 Å². The van der Waals surface area contributed by atoms with Gasteiger partial charge in [0.15, 0.2) is 0 Å². The molecule has 0 amide bonds. The molecule has 0 aliphatic carbocycles. The zero-order valence-corrected chi connectivity index (χ0v) is 16.4. The molecule has 2 aromatic rings. The molecule has 0 saturated heterocycles. The number of hydrogen-bond acceptors (Lipinski definition) is 1. The summed E-state index contributed by atoms with van der Waals surface area (Å²) < 4.78 is 6.50. The van der Waals surface area contributed by atoms with Crippen LogP contribution < -0.4 is 4.74 Å². The lowest BCUT2D eigenvalue weighted by molar-refractivity contribution is 0.447. The lowest BCUT2D eigenvalue weighted by Gasteiger charge is -2.22. The van der Waals surface area contributed by atoms with Crippen molar-refractivity contribution in [2.75, 3.05) is 0 Å². The van der Waals surface area contributed by atoms with Crippen molar-refractivity contribution in [3.8, 4) is 11.5 Å². The molecule has 0 unspecified atom stereocenters. The van der Waals surface area contributed by atoms with Crippen LogP contribution in [0.1, 0.15) is 89.2 Å². The van der Waals surface area contributed by atoms with Gasteiger partial charge >= 0.3 is 0 Å². The molecule has 0 N–H and O–H groups in total. The Morgan fingerprint density at radius 2 is 1.04 bits per heavy atom. The van der Waals surface area contributed by atoms with E-state index < -0.39 is 0 Å². The van der Waals surface area contributed by atoms with Gasteiger partial charge in [0, 0.05) is 0 Å². The van der Waals surface area contributed by atoms with Crippen LogP contribution in [0.15, 0.2) is 48.5 Å². The van der Waals surface area contributed by atoms with Crippen LogP contribution in [0.25, 0.3) is 0 Å². The summed E-state index contributed by atoms with van der Waals surface area (Å²) in [7, 11) is 0. The molecule has 2 aromatic carbocycles. The fourth-order valence-electron chi connectivity index (χ4n) is 3.80. The molecule has 2 rings (SSSR count). The third kappa shape index (κ3) is 5.11. The van der Waals surface area contributed by atoms with Crippen LogP contribution in [0.3, 0.4) is 0 Å². The van der Waals surface area contributed by atoms with Crippen molar-refractivity contribution in [3.63, 3.8) is 0 Å². The smallest absolute Gasteiger partial charge is 0.130 e. The zero-order chi connectivity index (χ0) is 18.1. The van der Waals surface area contributed by atoms with Crippen molar-refractivity contribution in [3.05, 3.63) is 59.7 Å². The minimum absolute atomic E-state index is 0.575. The normalized spacial score (nSPS) is 13.4. The SMILES string of the molecule is CCC[C@@H](CC)c1ccccc1Oc1ccccc1[C@@H](CC)CCC. The Bertz CT molecular complexity index is 576. The standard InChI is InChI=1S/C24H34O/c1-5-13-19(7-3)21-15-9-11-17-23(21)25-24-18-12-10-16-22(24)20(8-4)14-6-2/h9-12,15-20H,5-8,13-14H2,1-4H3/t19-,20+. The summed E-state index contributed by atoms with van der Waals surface area (Å²) in [6.45, 7) is 9.08. The van der Waals surface area contributed by atoms with E-state index in [0.29, 0.717) is 11.8 Å². The van der Waals surface area contributed by atoms with Crippen molar-refractivity contribution in [2.45, 2.75) is 78.1 Å². The maximum absolute atomic E-state index is 6.50. The van der Waals surface area contributed by atoms with Crippen LogP contribution in [0.5, 0.6) is 11.5 Å². The second-order valence-electron chi connectivity index (χ2n) is 6.97. The maximum Gasteiger partial charge on any atom is 0.130 e. The molecule has 0 spiro atoms.